The van der Waals surface area contributed by atoms with E-state index in [1.807, 2.05) is 55.8 Å². The fourth-order valence-electron chi connectivity index (χ4n) is 3.20. The van der Waals surface area contributed by atoms with Crippen molar-refractivity contribution in [2.75, 3.05) is 0 Å². The van der Waals surface area contributed by atoms with Crippen molar-refractivity contribution in [1.29, 1.82) is 0 Å². The van der Waals surface area contributed by atoms with Gasteiger partial charge in [-0.1, -0.05) is 39.7 Å². The van der Waals surface area contributed by atoms with Gasteiger partial charge in [-0.25, -0.2) is 9.07 Å². The molecule has 0 amide bonds. The van der Waals surface area contributed by atoms with Crippen molar-refractivity contribution in [2.45, 2.75) is 27.4 Å². The van der Waals surface area contributed by atoms with Gasteiger partial charge in [-0.3, -0.25) is 0 Å². The van der Waals surface area contributed by atoms with E-state index in [-0.39, 0.29) is 12.4 Å². The molecule has 0 aliphatic heterocycles. The third kappa shape index (κ3) is 3.52. The first-order chi connectivity index (χ1) is 13.4. The van der Waals surface area contributed by atoms with Crippen LogP contribution in [0, 0.1) is 26.6 Å². The molecule has 2 aromatic carbocycles. The van der Waals surface area contributed by atoms with E-state index in [9.17, 15) is 4.39 Å². The minimum absolute atomic E-state index is 0.106. The van der Waals surface area contributed by atoms with Crippen molar-refractivity contribution in [2.24, 2.45) is 0 Å². The molecule has 0 fully saturated rings. The molecule has 0 bridgehead atoms. The van der Waals surface area contributed by atoms with Gasteiger partial charge < -0.3 is 4.74 Å². The van der Waals surface area contributed by atoms with Crippen molar-refractivity contribution in [3.8, 4) is 11.6 Å². The molecule has 0 atom stereocenters. The summed E-state index contributed by atoms with van der Waals surface area (Å²) in [5, 5.41) is 5.67. The van der Waals surface area contributed by atoms with Crippen molar-refractivity contribution >= 4 is 27.0 Å². The molecule has 0 spiro atoms. The zero-order chi connectivity index (χ0) is 19.8. The van der Waals surface area contributed by atoms with Crippen molar-refractivity contribution in [3.05, 3.63) is 81.2 Å². The molecule has 4 aromatic rings. The number of hydrogen-bond donors (Lipinski definition) is 0. The van der Waals surface area contributed by atoms with E-state index >= 15 is 0 Å². The summed E-state index contributed by atoms with van der Waals surface area (Å²) < 4.78 is 22.4. The number of halogens is 2. The van der Waals surface area contributed by atoms with Crippen LogP contribution in [0.4, 0.5) is 4.39 Å². The molecule has 0 unspecified atom stereocenters. The van der Waals surface area contributed by atoms with Crippen LogP contribution >= 0.6 is 15.9 Å². The minimum atomic E-state index is -0.312. The number of hydrogen-bond acceptors (Lipinski definition) is 3. The maximum atomic E-state index is 14.1. The van der Waals surface area contributed by atoms with E-state index < -0.39 is 0 Å². The van der Waals surface area contributed by atoms with Crippen molar-refractivity contribution < 1.29 is 9.13 Å². The Labute approximate surface area is 171 Å². The van der Waals surface area contributed by atoms with Crippen LogP contribution in [0.3, 0.4) is 0 Å². The van der Waals surface area contributed by atoms with Crippen LogP contribution in [0.2, 0.25) is 0 Å². The molecule has 2 aromatic heterocycles. The summed E-state index contributed by atoms with van der Waals surface area (Å²) in [5.74, 6) is 0.133. The predicted octanol–water partition coefficient (Wildman–Crippen LogP) is 5.83. The van der Waals surface area contributed by atoms with Gasteiger partial charge in [0.05, 0.1) is 11.4 Å². The smallest absolute Gasteiger partial charge is 0.215 e. The first kappa shape index (κ1) is 18.6. The third-order valence-electron chi connectivity index (χ3n) is 4.66. The maximum absolute atomic E-state index is 14.1. The number of fused-ring (bicyclic) bond motifs is 1. The predicted molar refractivity (Wildman–Crippen MR) is 112 cm³/mol. The molecule has 0 aliphatic carbocycles. The van der Waals surface area contributed by atoms with E-state index in [1.165, 1.54) is 11.6 Å². The lowest BCUT2D eigenvalue weighted by molar-refractivity contribution is 0.288. The molecule has 142 valence electrons. The van der Waals surface area contributed by atoms with Gasteiger partial charge in [0, 0.05) is 21.5 Å². The lowest BCUT2D eigenvalue weighted by atomic mass is 10.1. The molecule has 4 nitrogen and oxygen atoms in total. The first-order valence-corrected chi connectivity index (χ1v) is 9.72. The Morgan fingerprint density at radius 3 is 2.50 bits per heavy atom. The van der Waals surface area contributed by atoms with Crippen LogP contribution < -0.4 is 4.74 Å². The fourth-order valence-corrected chi connectivity index (χ4v) is 3.54. The molecule has 4 rings (SSSR count). The van der Waals surface area contributed by atoms with Gasteiger partial charge in [0.15, 0.2) is 5.65 Å². The highest BCUT2D eigenvalue weighted by Crippen LogP contribution is 2.27. The monoisotopic (exact) mass is 439 g/mol. The van der Waals surface area contributed by atoms with Gasteiger partial charge in [-0.15, -0.1) is 0 Å². The highest BCUT2D eigenvalue weighted by atomic mass is 79.9. The second-order valence-electron chi connectivity index (χ2n) is 6.83. The molecule has 2 heterocycles. The Morgan fingerprint density at radius 1 is 1.04 bits per heavy atom. The van der Waals surface area contributed by atoms with E-state index in [2.05, 4.69) is 26.0 Å². The Morgan fingerprint density at radius 2 is 1.79 bits per heavy atom. The average molecular weight is 440 g/mol. The summed E-state index contributed by atoms with van der Waals surface area (Å²) >= 11 is 3.26. The second-order valence-corrected chi connectivity index (χ2v) is 7.75. The maximum Gasteiger partial charge on any atom is 0.215 e. The van der Waals surface area contributed by atoms with Crippen LogP contribution in [-0.4, -0.2) is 14.8 Å². The third-order valence-corrected chi connectivity index (χ3v) is 5.15. The van der Waals surface area contributed by atoms with Crippen LogP contribution in [-0.2, 0) is 6.61 Å². The number of nitrogens with zero attached hydrogens (tertiary/aromatic N) is 3. The molecule has 0 saturated heterocycles. The normalized spacial score (nSPS) is 11.2. The molecule has 0 N–H and O–H groups in total. The number of rotatable bonds is 4. The largest absolute Gasteiger partial charge is 0.473 e. The van der Waals surface area contributed by atoms with Gasteiger partial charge in [0.1, 0.15) is 12.4 Å². The summed E-state index contributed by atoms with van der Waals surface area (Å²) in [4.78, 5) is 4.66. The summed E-state index contributed by atoms with van der Waals surface area (Å²) in [7, 11) is 0. The molecular formula is C22H19BrFN3O. The molecule has 0 saturated carbocycles. The van der Waals surface area contributed by atoms with Crippen molar-refractivity contribution in [1.82, 2.24) is 14.8 Å². The Kier molecular flexibility index (Phi) is 4.89. The SMILES string of the molecule is Cc1ccc(-n2nc(C)c3c(C)cc(OCc4ccc(Br)cc4F)nc32)cc1. The molecule has 0 aliphatic rings. The molecular weight excluding hydrogens is 421 g/mol. The van der Waals surface area contributed by atoms with Crippen LogP contribution in [0.15, 0.2) is 53.0 Å². The van der Waals surface area contributed by atoms with Gasteiger partial charge >= 0.3 is 0 Å². The summed E-state index contributed by atoms with van der Waals surface area (Å²) in [6.07, 6.45) is 0. The zero-order valence-electron chi connectivity index (χ0n) is 15.8. The number of pyridine rings is 1. The minimum Gasteiger partial charge on any atom is -0.473 e. The van der Waals surface area contributed by atoms with Crippen LogP contribution in [0.5, 0.6) is 5.88 Å². The van der Waals surface area contributed by atoms with Gasteiger partial charge in [0.25, 0.3) is 0 Å². The van der Waals surface area contributed by atoms with Gasteiger partial charge in [0.2, 0.25) is 5.88 Å². The topological polar surface area (TPSA) is 39.9 Å². The van der Waals surface area contributed by atoms with E-state index in [4.69, 9.17) is 4.74 Å². The van der Waals surface area contributed by atoms with Crippen molar-refractivity contribution in [3.63, 3.8) is 0 Å². The van der Waals surface area contributed by atoms with E-state index in [1.54, 1.807) is 12.1 Å². The first-order valence-electron chi connectivity index (χ1n) is 8.93. The molecule has 28 heavy (non-hydrogen) atoms. The zero-order valence-corrected chi connectivity index (χ0v) is 17.4. The summed E-state index contributed by atoms with van der Waals surface area (Å²) in [6.45, 7) is 6.13. The number of aromatic nitrogens is 3. The van der Waals surface area contributed by atoms with E-state index in [0.717, 1.165) is 28.0 Å². The highest BCUT2D eigenvalue weighted by Gasteiger charge is 2.15. The Bertz CT molecular complexity index is 1170. The lowest BCUT2D eigenvalue weighted by Crippen LogP contribution is -2.02. The summed E-state index contributed by atoms with van der Waals surface area (Å²) in [6, 6.07) is 14.9. The Balaban J connectivity index is 1.72. The molecule has 6 heteroatoms. The fraction of sp³-hybridized carbons (Fsp3) is 0.182. The quantitative estimate of drug-likeness (QED) is 0.401. The van der Waals surface area contributed by atoms with Crippen LogP contribution in [0.25, 0.3) is 16.7 Å². The number of ether oxygens (including phenoxy) is 1. The van der Waals surface area contributed by atoms with Gasteiger partial charge in [-0.05, 0) is 50.6 Å². The number of benzene rings is 2. The van der Waals surface area contributed by atoms with E-state index in [0.29, 0.717) is 15.9 Å². The second kappa shape index (κ2) is 7.36. The standard InChI is InChI=1S/C22H19BrFN3O/c1-13-4-8-18(9-5-13)27-22-21(15(3)26-27)14(2)10-20(25-22)28-12-16-6-7-17(23)11-19(16)24/h4-11H,12H2,1-3H3. The summed E-state index contributed by atoms with van der Waals surface area (Å²) in [5.41, 5.74) is 5.25. The van der Waals surface area contributed by atoms with Gasteiger partial charge in [-0.2, -0.15) is 10.1 Å². The number of aryl methyl sites for hydroxylation is 3. The molecule has 0 radical (unpaired) electrons. The lowest BCUT2D eigenvalue weighted by Gasteiger charge is -2.09. The van der Waals surface area contributed by atoms with Crippen LogP contribution in [0.1, 0.15) is 22.4 Å². The highest BCUT2D eigenvalue weighted by molar-refractivity contribution is 9.10. The Hall–Kier alpha value is -2.73. The average Bonchev–Trinajstić information content (AvgIpc) is 2.99.